The molecule has 4 N–H and O–H groups in total. The molecule has 0 saturated heterocycles. The molecule has 0 aliphatic carbocycles. The van der Waals surface area contributed by atoms with E-state index in [0.29, 0.717) is 19.4 Å². The van der Waals surface area contributed by atoms with Gasteiger partial charge < -0.3 is 16.4 Å². The molecule has 1 aromatic carbocycles. The number of hydrogen-bond donors (Lipinski definition) is 2. The molecule has 0 fully saturated rings. The number of nitrogens with two attached hydrogens (primary N) is 2. The summed E-state index contributed by atoms with van der Waals surface area (Å²) in [6, 6.07) is 6.42. The lowest BCUT2D eigenvalue weighted by Gasteiger charge is -2.36. The number of hydrogen-bond acceptors (Lipinski definition) is 3. The van der Waals surface area contributed by atoms with E-state index in [1.54, 1.807) is 6.08 Å². The van der Waals surface area contributed by atoms with E-state index >= 15 is 0 Å². The second-order valence-corrected chi connectivity index (χ2v) is 4.99. The summed E-state index contributed by atoms with van der Waals surface area (Å²) in [5.41, 5.74) is 13.3. The van der Waals surface area contributed by atoms with Crippen molar-refractivity contribution < 1.29 is 9.59 Å². The van der Waals surface area contributed by atoms with Gasteiger partial charge in [-0.2, -0.15) is 0 Å². The summed E-state index contributed by atoms with van der Waals surface area (Å²) in [6.07, 6.45) is 2.42. The first-order chi connectivity index (χ1) is 9.54. The highest BCUT2D eigenvalue weighted by molar-refractivity contribution is 5.89. The van der Waals surface area contributed by atoms with Crippen molar-refractivity contribution in [3.8, 4) is 0 Å². The van der Waals surface area contributed by atoms with Gasteiger partial charge in [-0.25, -0.2) is 0 Å². The molecule has 2 amide bonds. The standard InChI is InChI=1S/C15H19N3O2/c1-2-5-12(16)15(20)18-9-11-7-4-3-6-10(11)8-13(18)14(17)19/h2-4,6-7,12-13H,1,5,8-9,16H2,(H2,17,19)/t12?,13-/m0/s1. The molecule has 1 aromatic rings. The Balaban J connectivity index is 2.28. The second kappa shape index (κ2) is 5.88. The van der Waals surface area contributed by atoms with E-state index in [0.717, 1.165) is 11.1 Å². The molecular weight excluding hydrogens is 254 g/mol. The van der Waals surface area contributed by atoms with Gasteiger partial charge in [0, 0.05) is 13.0 Å². The van der Waals surface area contributed by atoms with Gasteiger partial charge in [-0.05, 0) is 17.5 Å². The summed E-state index contributed by atoms with van der Waals surface area (Å²) in [5.74, 6) is -0.762. The monoisotopic (exact) mass is 273 g/mol. The van der Waals surface area contributed by atoms with Crippen molar-refractivity contribution in [3.05, 3.63) is 48.0 Å². The molecule has 0 aromatic heterocycles. The Morgan fingerprint density at radius 2 is 2.05 bits per heavy atom. The van der Waals surface area contributed by atoms with Crippen LogP contribution in [-0.2, 0) is 22.6 Å². The second-order valence-electron chi connectivity index (χ2n) is 4.99. The van der Waals surface area contributed by atoms with Gasteiger partial charge in [0.25, 0.3) is 0 Å². The molecule has 106 valence electrons. The zero-order valence-corrected chi connectivity index (χ0v) is 11.3. The summed E-state index contributed by atoms with van der Waals surface area (Å²) in [6.45, 7) is 3.94. The molecule has 5 heteroatoms. The van der Waals surface area contributed by atoms with Crippen LogP contribution in [0.2, 0.25) is 0 Å². The van der Waals surface area contributed by atoms with Crippen LogP contribution in [0.3, 0.4) is 0 Å². The number of nitrogens with zero attached hydrogens (tertiary/aromatic N) is 1. The van der Waals surface area contributed by atoms with Gasteiger partial charge in [-0.3, -0.25) is 9.59 Å². The van der Waals surface area contributed by atoms with Gasteiger partial charge in [-0.15, -0.1) is 6.58 Å². The van der Waals surface area contributed by atoms with Crippen LogP contribution in [0.1, 0.15) is 17.5 Å². The predicted molar refractivity (Wildman–Crippen MR) is 76.5 cm³/mol. The molecule has 0 bridgehead atoms. The SMILES string of the molecule is C=CCC(N)C(=O)N1Cc2ccccc2C[C@H]1C(N)=O. The zero-order chi connectivity index (χ0) is 14.7. The first-order valence-corrected chi connectivity index (χ1v) is 6.57. The molecule has 5 nitrogen and oxygen atoms in total. The molecule has 20 heavy (non-hydrogen) atoms. The molecule has 0 spiro atoms. The van der Waals surface area contributed by atoms with Crippen LogP contribution in [0.25, 0.3) is 0 Å². The number of primary amides is 1. The largest absolute Gasteiger partial charge is 0.368 e. The molecule has 1 aliphatic rings. The maximum Gasteiger partial charge on any atom is 0.240 e. The minimum absolute atomic E-state index is 0.261. The fraction of sp³-hybridized carbons (Fsp3) is 0.333. The molecule has 1 unspecified atom stereocenters. The van der Waals surface area contributed by atoms with Crippen molar-refractivity contribution in [1.82, 2.24) is 4.90 Å². The summed E-state index contributed by atoms with van der Waals surface area (Å²) < 4.78 is 0. The van der Waals surface area contributed by atoms with Crippen LogP contribution in [-0.4, -0.2) is 28.8 Å². The van der Waals surface area contributed by atoms with Gasteiger partial charge in [0.05, 0.1) is 6.04 Å². The van der Waals surface area contributed by atoms with Crippen LogP contribution in [0.15, 0.2) is 36.9 Å². The fourth-order valence-electron chi connectivity index (χ4n) is 2.50. The van der Waals surface area contributed by atoms with Gasteiger partial charge in [0.1, 0.15) is 6.04 Å². The third-order valence-corrected chi connectivity index (χ3v) is 3.60. The minimum Gasteiger partial charge on any atom is -0.368 e. The van der Waals surface area contributed by atoms with Crippen LogP contribution in [0.4, 0.5) is 0 Å². The molecule has 1 heterocycles. The third kappa shape index (κ3) is 2.72. The lowest BCUT2D eigenvalue weighted by molar-refractivity contribution is -0.141. The molecular formula is C15H19N3O2. The van der Waals surface area contributed by atoms with E-state index in [2.05, 4.69) is 6.58 Å². The quantitative estimate of drug-likeness (QED) is 0.775. The number of benzene rings is 1. The third-order valence-electron chi connectivity index (χ3n) is 3.60. The summed E-state index contributed by atoms with van der Waals surface area (Å²) in [4.78, 5) is 25.5. The highest BCUT2D eigenvalue weighted by atomic mass is 16.2. The van der Waals surface area contributed by atoms with E-state index in [9.17, 15) is 9.59 Å². The highest BCUT2D eigenvalue weighted by Gasteiger charge is 2.34. The number of fused-ring (bicyclic) bond motifs is 1. The zero-order valence-electron chi connectivity index (χ0n) is 11.3. The Morgan fingerprint density at radius 3 is 2.65 bits per heavy atom. The summed E-state index contributed by atoms with van der Waals surface area (Å²) >= 11 is 0. The normalized spacial score (nSPS) is 19.1. The predicted octanol–water partition coefficient (Wildman–Crippen LogP) is 0.329. The van der Waals surface area contributed by atoms with E-state index < -0.39 is 18.0 Å². The van der Waals surface area contributed by atoms with Gasteiger partial charge in [0.15, 0.2) is 0 Å². The Labute approximate surface area is 118 Å². The van der Waals surface area contributed by atoms with E-state index in [1.807, 2.05) is 24.3 Å². The average Bonchev–Trinajstić information content (AvgIpc) is 2.45. The number of carbonyl (C=O) groups is 2. The topological polar surface area (TPSA) is 89.4 Å². The molecule has 2 rings (SSSR count). The van der Waals surface area contributed by atoms with Gasteiger partial charge in [-0.1, -0.05) is 30.3 Å². The Morgan fingerprint density at radius 1 is 1.40 bits per heavy atom. The van der Waals surface area contributed by atoms with Crippen molar-refractivity contribution >= 4 is 11.8 Å². The first kappa shape index (κ1) is 14.3. The van der Waals surface area contributed by atoms with Gasteiger partial charge >= 0.3 is 0 Å². The Kier molecular flexibility index (Phi) is 4.20. The molecule has 0 saturated carbocycles. The summed E-state index contributed by atoms with van der Waals surface area (Å²) in [7, 11) is 0. The van der Waals surface area contributed by atoms with Crippen molar-refractivity contribution in [1.29, 1.82) is 0 Å². The Bertz CT molecular complexity index is 542. The van der Waals surface area contributed by atoms with Gasteiger partial charge in [0.2, 0.25) is 11.8 Å². The lowest BCUT2D eigenvalue weighted by atomic mass is 9.93. The molecule has 0 radical (unpaired) electrons. The number of amides is 2. The number of carbonyl (C=O) groups excluding carboxylic acids is 2. The number of rotatable bonds is 4. The lowest BCUT2D eigenvalue weighted by Crippen LogP contribution is -2.55. The molecule has 1 aliphatic heterocycles. The average molecular weight is 273 g/mol. The van der Waals surface area contributed by atoms with Crippen LogP contribution >= 0.6 is 0 Å². The maximum absolute atomic E-state index is 12.4. The van der Waals surface area contributed by atoms with Crippen LogP contribution in [0.5, 0.6) is 0 Å². The van der Waals surface area contributed by atoms with Crippen molar-refractivity contribution in [2.24, 2.45) is 11.5 Å². The van der Waals surface area contributed by atoms with Crippen LogP contribution in [0, 0.1) is 0 Å². The van der Waals surface area contributed by atoms with E-state index in [4.69, 9.17) is 11.5 Å². The first-order valence-electron chi connectivity index (χ1n) is 6.57. The summed E-state index contributed by atoms with van der Waals surface area (Å²) in [5, 5.41) is 0. The minimum atomic E-state index is -0.681. The van der Waals surface area contributed by atoms with E-state index in [1.165, 1.54) is 4.90 Å². The van der Waals surface area contributed by atoms with Crippen LogP contribution < -0.4 is 11.5 Å². The smallest absolute Gasteiger partial charge is 0.240 e. The van der Waals surface area contributed by atoms with Crippen molar-refractivity contribution in [3.63, 3.8) is 0 Å². The highest BCUT2D eigenvalue weighted by Crippen LogP contribution is 2.24. The van der Waals surface area contributed by atoms with Crippen molar-refractivity contribution in [2.75, 3.05) is 0 Å². The Hall–Kier alpha value is -2.14. The molecule has 2 atom stereocenters. The maximum atomic E-state index is 12.4. The van der Waals surface area contributed by atoms with Crippen molar-refractivity contribution in [2.45, 2.75) is 31.5 Å². The fourth-order valence-corrected chi connectivity index (χ4v) is 2.50. The van der Waals surface area contributed by atoms with E-state index in [-0.39, 0.29) is 5.91 Å².